The molecule has 0 saturated heterocycles. The predicted molar refractivity (Wildman–Crippen MR) is 123 cm³/mol. The van der Waals surface area contributed by atoms with Gasteiger partial charge in [0.15, 0.2) is 5.11 Å². The Kier molecular flexibility index (Phi) is 6.84. The normalized spacial score (nSPS) is 15.8. The third kappa shape index (κ3) is 4.75. The molecule has 0 saturated carbocycles. The van der Waals surface area contributed by atoms with E-state index in [-0.39, 0.29) is 17.9 Å². The van der Waals surface area contributed by atoms with Crippen LogP contribution in [-0.4, -0.2) is 40.5 Å². The first-order valence-electron chi connectivity index (χ1n) is 9.80. The van der Waals surface area contributed by atoms with Gasteiger partial charge in [0, 0.05) is 36.1 Å². The molecule has 32 heavy (non-hydrogen) atoms. The van der Waals surface area contributed by atoms with E-state index in [1.165, 1.54) is 24.3 Å². The van der Waals surface area contributed by atoms with Crippen molar-refractivity contribution in [3.63, 3.8) is 0 Å². The van der Waals surface area contributed by atoms with Crippen LogP contribution >= 0.6 is 12.2 Å². The molecule has 1 amide bonds. The van der Waals surface area contributed by atoms with Crippen LogP contribution in [0.15, 0.2) is 59.8 Å². The summed E-state index contributed by atoms with van der Waals surface area (Å²) >= 11 is 5.38. The van der Waals surface area contributed by atoms with Crippen LogP contribution < -0.4 is 10.6 Å². The molecular formula is C22H22N4O5S. The van der Waals surface area contributed by atoms with Crippen LogP contribution in [0.25, 0.3) is 0 Å². The van der Waals surface area contributed by atoms with Crippen LogP contribution in [0.1, 0.15) is 35.8 Å². The summed E-state index contributed by atoms with van der Waals surface area (Å²) in [7, 11) is 1.77. The van der Waals surface area contributed by atoms with Crippen molar-refractivity contribution < 1.29 is 19.2 Å². The summed E-state index contributed by atoms with van der Waals surface area (Å²) in [6.07, 6.45) is 0. The number of non-ortho nitro benzene ring substituents is 1. The molecule has 2 aromatic carbocycles. The molecule has 2 N–H and O–H groups in total. The van der Waals surface area contributed by atoms with Crippen molar-refractivity contribution in [3.05, 3.63) is 81.0 Å². The largest absolute Gasteiger partial charge is 0.463 e. The van der Waals surface area contributed by atoms with E-state index in [4.69, 9.17) is 17.0 Å². The third-order valence-corrected chi connectivity index (χ3v) is 5.46. The van der Waals surface area contributed by atoms with E-state index in [9.17, 15) is 19.7 Å². The molecule has 0 spiro atoms. The molecule has 0 bridgehead atoms. The zero-order chi connectivity index (χ0) is 23.4. The number of hydrogen-bond acceptors (Lipinski definition) is 6. The highest BCUT2D eigenvalue weighted by Gasteiger charge is 2.33. The maximum absolute atomic E-state index is 12.6. The number of amides is 1. The average molecular weight is 455 g/mol. The van der Waals surface area contributed by atoms with E-state index < -0.39 is 22.8 Å². The second-order valence-corrected chi connectivity index (χ2v) is 7.43. The van der Waals surface area contributed by atoms with Gasteiger partial charge in [-0.05, 0) is 49.8 Å². The summed E-state index contributed by atoms with van der Waals surface area (Å²) < 4.78 is 5.23. The van der Waals surface area contributed by atoms with Gasteiger partial charge in [-0.25, -0.2) is 4.79 Å². The summed E-state index contributed by atoms with van der Waals surface area (Å²) in [6.45, 7) is 3.80. The van der Waals surface area contributed by atoms with Crippen molar-refractivity contribution in [2.45, 2.75) is 19.9 Å². The lowest BCUT2D eigenvalue weighted by molar-refractivity contribution is -0.384. The van der Waals surface area contributed by atoms with Gasteiger partial charge >= 0.3 is 5.97 Å². The molecule has 10 heteroatoms. The monoisotopic (exact) mass is 454 g/mol. The molecule has 1 heterocycles. The fourth-order valence-electron chi connectivity index (χ4n) is 3.28. The Hall–Kier alpha value is -3.79. The Morgan fingerprint density at radius 2 is 1.94 bits per heavy atom. The fraction of sp³-hybridized carbons (Fsp3) is 0.227. The number of rotatable bonds is 6. The highest BCUT2D eigenvalue weighted by atomic mass is 32.1. The van der Waals surface area contributed by atoms with E-state index in [2.05, 4.69) is 10.6 Å². The quantitative estimate of drug-likeness (QED) is 0.295. The molecule has 1 atom stereocenters. The lowest BCUT2D eigenvalue weighted by atomic mass is 9.95. The average Bonchev–Trinajstić information content (AvgIpc) is 2.78. The Morgan fingerprint density at radius 3 is 2.56 bits per heavy atom. The fourth-order valence-corrected chi connectivity index (χ4v) is 3.54. The van der Waals surface area contributed by atoms with Crippen LogP contribution in [0.2, 0.25) is 0 Å². The molecule has 9 nitrogen and oxygen atoms in total. The van der Waals surface area contributed by atoms with Gasteiger partial charge in [0.1, 0.15) is 0 Å². The summed E-state index contributed by atoms with van der Waals surface area (Å²) in [6, 6.07) is 11.9. The van der Waals surface area contributed by atoms with Crippen molar-refractivity contribution in [1.82, 2.24) is 10.2 Å². The number of anilines is 1. The van der Waals surface area contributed by atoms with Gasteiger partial charge in [0.2, 0.25) is 0 Å². The molecule has 166 valence electrons. The summed E-state index contributed by atoms with van der Waals surface area (Å²) in [5, 5.41) is 17.3. The first-order chi connectivity index (χ1) is 15.2. The summed E-state index contributed by atoms with van der Waals surface area (Å²) in [5.41, 5.74) is 2.42. The van der Waals surface area contributed by atoms with Gasteiger partial charge in [-0.15, -0.1) is 0 Å². The number of nitro groups is 1. The van der Waals surface area contributed by atoms with E-state index in [1.54, 1.807) is 50.1 Å². The number of esters is 1. The first kappa shape index (κ1) is 22.9. The molecule has 0 unspecified atom stereocenters. The Balaban J connectivity index is 1.83. The molecule has 0 radical (unpaired) electrons. The van der Waals surface area contributed by atoms with Gasteiger partial charge < -0.3 is 20.3 Å². The van der Waals surface area contributed by atoms with Gasteiger partial charge in [0.25, 0.3) is 11.6 Å². The molecule has 2 aromatic rings. The van der Waals surface area contributed by atoms with Crippen LogP contribution in [0, 0.1) is 10.1 Å². The molecule has 1 aliphatic heterocycles. The second-order valence-electron chi connectivity index (χ2n) is 7.04. The number of allylic oxidation sites excluding steroid dienone is 1. The minimum atomic E-state index is -0.554. The second kappa shape index (κ2) is 9.56. The van der Waals surface area contributed by atoms with E-state index >= 15 is 0 Å². The SMILES string of the molecule is CCOC(=O)C1=C(C)N(C)C(=S)N[C@H]1c1ccc(NC(=O)c2cccc([N+](=O)[O-])c2)cc1. The third-order valence-electron chi connectivity index (χ3n) is 5.07. The number of hydrogen-bond donors (Lipinski definition) is 2. The molecule has 1 aliphatic rings. The van der Waals surface area contributed by atoms with Crippen molar-refractivity contribution in [1.29, 1.82) is 0 Å². The Labute approximate surface area is 190 Å². The minimum absolute atomic E-state index is 0.161. The zero-order valence-electron chi connectivity index (χ0n) is 17.7. The number of nitrogens with zero attached hydrogens (tertiary/aromatic N) is 2. The van der Waals surface area contributed by atoms with Crippen LogP contribution in [0.3, 0.4) is 0 Å². The van der Waals surface area contributed by atoms with Gasteiger partial charge in [0.05, 0.1) is 23.1 Å². The van der Waals surface area contributed by atoms with Crippen molar-refractivity contribution in [2.75, 3.05) is 19.0 Å². The van der Waals surface area contributed by atoms with Crippen LogP contribution in [0.4, 0.5) is 11.4 Å². The number of benzene rings is 2. The zero-order valence-corrected chi connectivity index (χ0v) is 18.6. The number of carbonyl (C=O) groups is 2. The number of nitro benzene ring substituents is 1. The lowest BCUT2D eigenvalue weighted by Gasteiger charge is -2.35. The molecule has 0 aliphatic carbocycles. The highest BCUT2D eigenvalue weighted by molar-refractivity contribution is 7.80. The highest BCUT2D eigenvalue weighted by Crippen LogP contribution is 2.31. The Bertz CT molecular complexity index is 1110. The van der Waals surface area contributed by atoms with Gasteiger partial charge in [-0.1, -0.05) is 18.2 Å². The molecular weight excluding hydrogens is 432 g/mol. The summed E-state index contributed by atoms with van der Waals surface area (Å²) in [4.78, 5) is 37.2. The summed E-state index contributed by atoms with van der Waals surface area (Å²) in [5.74, 6) is -0.900. The van der Waals surface area contributed by atoms with E-state index in [0.29, 0.717) is 22.1 Å². The standard InChI is InChI=1S/C22H22N4O5S/c1-4-31-21(28)18-13(2)25(3)22(32)24-19(18)14-8-10-16(11-9-14)23-20(27)15-6-5-7-17(12-15)26(29)30/h5-12,19H,4H2,1-3H3,(H,23,27)(H,24,32)/t19-/m0/s1. The maximum Gasteiger partial charge on any atom is 0.338 e. The topological polar surface area (TPSA) is 114 Å². The van der Waals surface area contributed by atoms with Gasteiger partial charge in [-0.3, -0.25) is 14.9 Å². The van der Waals surface area contributed by atoms with E-state index in [1.807, 2.05) is 0 Å². The lowest BCUT2D eigenvalue weighted by Crippen LogP contribution is -2.46. The number of nitrogens with one attached hydrogen (secondary N) is 2. The van der Waals surface area contributed by atoms with Crippen molar-refractivity contribution >= 4 is 40.6 Å². The predicted octanol–water partition coefficient (Wildman–Crippen LogP) is 3.55. The molecule has 3 rings (SSSR count). The van der Waals surface area contributed by atoms with Crippen LogP contribution in [-0.2, 0) is 9.53 Å². The number of carbonyl (C=O) groups excluding carboxylic acids is 2. The van der Waals surface area contributed by atoms with Crippen molar-refractivity contribution in [2.24, 2.45) is 0 Å². The molecule has 0 fully saturated rings. The van der Waals surface area contributed by atoms with Crippen LogP contribution in [0.5, 0.6) is 0 Å². The number of thiocarbonyl (C=S) groups is 1. The minimum Gasteiger partial charge on any atom is -0.463 e. The molecule has 0 aromatic heterocycles. The van der Waals surface area contributed by atoms with E-state index in [0.717, 1.165) is 5.56 Å². The smallest absolute Gasteiger partial charge is 0.338 e. The first-order valence-corrected chi connectivity index (χ1v) is 10.2. The maximum atomic E-state index is 12.6. The van der Waals surface area contributed by atoms with Gasteiger partial charge in [-0.2, -0.15) is 0 Å². The van der Waals surface area contributed by atoms with Crippen molar-refractivity contribution in [3.8, 4) is 0 Å². The number of ether oxygens (including phenoxy) is 1. The Morgan fingerprint density at radius 1 is 1.25 bits per heavy atom.